The second kappa shape index (κ2) is 16.7. The topological polar surface area (TPSA) is 127 Å². The van der Waals surface area contributed by atoms with Gasteiger partial charge in [0.05, 0.1) is 67.6 Å². The minimum atomic E-state index is -0.391. The van der Waals surface area contributed by atoms with Gasteiger partial charge in [-0.2, -0.15) is 0 Å². The number of carbonyl (C=O) groups excluding carboxylic acids is 1. The summed E-state index contributed by atoms with van der Waals surface area (Å²) in [5.41, 5.74) is 19.8. The molecule has 0 atom stereocenters. The molecule has 0 aliphatic carbocycles. The Hall–Kier alpha value is -4.74. The lowest BCUT2D eigenvalue weighted by Crippen LogP contribution is -2.18. The van der Waals surface area contributed by atoms with Crippen molar-refractivity contribution >= 4 is 28.4 Å². The van der Waals surface area contributed by atoms with Crippen LogP contribution < -0.4 is 16.4 Å². The molecule has 0 fully saturated rings. The van der Waals surface area contributed by atoms with Gasteiger partial charge in [-0.25, -0.2) is 9.78 Å². The zero-order chi connectivity index (χ0) is 33.0. The third-order valence-corrected chi connectivity index (χ3v) is 7.79. The van der Waals surface area contributed by atoms with E-state index in [0.29, 0.717) is 57.4 Å². The summed E-state index contributed by atoms with van der Waals surface area (Å²) < 4.78 is 23.8. The number of rotatable bonds is 17. The van der Waals surface area contributed by atoms with Crippen molar-refractivity contribution in [2.24, 2.45) is 12.8 Å². The molecule has 10 nitrogen and oxygen atoms in total. The first-order valence-electron chi connectivity index (χ1n) is 15.8. The Morgan fingerprint density at radius 1 is 0.787 bits per heavy atom. The molecule has 5 rings (SSSR count). The smallest absolute Gasteiger partial charge is 0.338 e. The number of carbonyl (C=O) groups is 1. The quantitative estimate of drug-likeness (QED) is 0.0794. The number of hydrogen-bond donors (Lipinski definition) is 2. The average molecular weight is 638 g/mol. The number of aromatic nitrogens is 2. The lowest BCUT2D eigenvalue weighted by Gasteiger charge is -2.22. The van der Waals surface area contributed by atoms with Gasteiger partial charge in [-0.3, -0.25) is 0 Å². The highest BCUT2D eigenvalue weighted by Crippen LogP contribution is 2.32. The molecule has 0 saturated heterocycles. The average Bonchev–Trinajstić information content (AvgIpc) is 3.43. The predicted octanol–water partition coefficient (Wildman–Crippen LogP) is 5.29. The molecule has 246 valence electrons. The van der Waals surface area contributed by atoms with Gasteiger partial charge in [0.2, 0.25) is 0 Å². The summed E-state index contributed by atoms with van der Waals surface area (Å²) in [4.78, 5) is 19.9. The number of benzene rings is 4. The molecule has 5 aromatic rings. The largest absolute Gasteiger partial charge is 0.460 e. The summed E-state index contributed by atoms with van der Waals surface area (Å²) in [5.74, 6) is 0.498. The summed E-state index contributed by atoms with van der Waals surface area (Å²) in [6, 6.07) is 29.8. The fourth-order valence-corrected chi connectivity index (χ4v) is 5.37. The summed E-state index contributed by atoms with van der Waals surface area (Å²) in [5, 5.41) is 0. The molecular weight excluding hydrogens is 594 g/mol. The van der Waals surface area contributed by atoms with Crippen molar-refractivity contribution in [2.45, 2.75) is 6.54 Å². The molecule has 0 saturated carbocycles. The molecule has 0 radical (unpaired) electrons. The molecule has 47 heavy (non-hydrogen) atoms. The fraction of sp³-hybridized carbons (Fsp3) is 0.297. The number of hydrogen-bond acceptors (Lipinski definition) is 9. The maximum absolute atomic E-state index is 13.0. The number of ether oxygens (including phenoxy) is 4. The summed E-state index contributed by atoms with van der Waals surface area (Å²) in [6.45, 7) is 3.94. The number of esters is 1. The molecular formula is C37H43N5O5. The Labute approximate surface area is 275 Å². The van der Waals surface area contributed by atoms with E-state index < -0.39 is 5.97 Å². The van der Waals surface area contributed by atoms with Crippen molar-refractivity contribution in [3.05, 3.63) is 102 Å². The van der Waals surface area contributed by atoms with Crippen LogP contribution in [0.2, 0.25) is 0 Å². The SMILES string of the molecule is CN(Cc1ccc(-c2ccccc2C(=O)OCCOCCOCCOCCN)cc1)c1cc(-c2nc3ccccc3n2C)ccc1N. The van der Waals surface area contributed by atoms with Gasteiger partial charge < -0.3 is 39.9 Å². The monoisotopic (exact) mass is 637 g/mol. The van der Waals surface area contributed by atoms with Gasteiger partial charge >= 0.3 is 5.97 Å². The molecule has 0 unspecified atom stereocenters. The first-order valence-corrected chi connectivity index (χ1v) is 15.8. The van der Waals surface area contributed by atoms with E-state index in [-0.39, 0.29) is 13.2 Å². The molecule has 0 spiro atoms. The van der Waals surface area contributed by atoms with Crippen LogP contribution >= 0.6 is 0 Å². The molecule has 10 heteroatoms. The zero-order valence-electron chi connectivity index (χ0n) is 27.1. The zero-order valence-corrected chi connectivity index (χ0v) is 27.1. The Kier molecular flexibility index (Phi) is 12.0. The van der Waals surface area contributed by atoms with Crippen LogP contribution in [0.4, 0.5) is 11.4 Å². The molecule has 1 heterocycles. The number of aryl methyl sites for hydroxylation is 1. The van der Waals surface area contributed by atoms with Gasteiger partial charge in [-0.15, -0.1) is 0 Å². The number of nitrogen functional groups attached to an aromatic ring is 1. The Bertz CT molecular complexity index is 1750. The van der Waals surface area contributed by atoms with E-state index >= 15 is 0 Å². The maximum Gasteiger partial charge on any atom is 0.338 e. The van der Waals surface area contributed by atoms with Crippen molar-refractivity contribution in [1.29, 1.82) is 0 Å². The maximum atomic E-state index is 13.0. The van der Waals surface area contributed by atoms with E-state index in [4.69, 9.17) is 35.4 Å². The van der Waals surface area contributed by atoms with Crippen LogP contribution in [0.25, 0.3) is 33.5 Å². The summed E-state index contributed by atoms with van der Waals surface area (Å²) in [6.07, 6.45) is 0. The number of nitrogens with two attached hydrogens (primary N) is 2. The number of para-hydroxylation sites is 2. The highest BCUT2D eigenvalue weighted by atomic mass is 16.6. The van der Waals surface area contributed by atoms with Gasteiger partial charge in [-0.05, 0) is 53.1 Å². The number of imidazole rings is 1. The minimum absolute atomic E-state index is 0.152. The summed E-state index contributed by atoms with van der Waals surface area (Å²) >= 11 is 0. The van der Waals surface area contributed by atoms with Gasteiger partial charge in [0.25, 0.3) is 0 Å². The highest BCUT2D eigenvalue weighted by molar-refractivity contribution is 5.97. The third-order valence-electron chi connectivity index (χ3n) is 7.79. The second-order valence-corrected chi connectivity index (χ2v) is 11.1. The minimum Gasteiger partial charge on any atom is -0.460 e. The lowest BCUT2D eigenvalue weighted by atomic mass is 9.98. The van der Waals surface area contributed by atoms with Crippen LogP contribution in [0.15, 0.2) is 91.0 Å². The molecule has 1 aromatic heterocycles. The van der Waals surface area contributed by atoms with Crippen molar-refractivity contribution in [1.82, 2.24) is 9.55 Å². The van der Waals surface area contributed by atoms with Gasteiger partial charge in [0.15, 0.2) is 0 Å². The van der Waals surface area contributed by atoms with E-state index in [1.807, 2.05) is 74.8 Å². The second-order valence-electron chi connectivity index (χ2n) is 11.1. The predicted molar refractivity (Wildman–Crippen MR) is 186 cm³/mol. The number of anilines is 2. The number of nitrogens with zero attached hydrogens (tertiary/aromatic N) is 3. The van der Waals surface area contributed by atoms with E-state index in [9.17, 15) is 4.79 Å². The van der Waals surface area contributed by atoms with Gasteiger partial charge in [-0.1, -0.05) is 54.6 Å². The van der Waals surface area contributed by atoms with E-state index in [1.54, 1.807) is 6.07 Å². The van der Waals surface area contributed by atoms with Crippen molar-refractivity contribution in [3.8, 4) is 22.5 Å². The Morgan fingerprint density at radius 3 is 2.15 bits per heavy atom. The normalized spacial score (nSPS) is 11.2. The molecule has 0 bridgehead atoms. The van der Waals surface area contributed by atoms with E-state index in [2.05, 4.69) is 33.7 Å². The first kappa shape index (κ1) is 33.6. The van der Waals surface area contributed by atoms with Crippen LogP contribution in [-0.2, 0) is 32.5 Å². The first-order chi connectivity index (χ1) is 23.0. The van der Waals surface area contributed by atoms with Crippen molar-refractivity contribution in [3.63, 3.8) is 0 Å². The Morgan fingerprint density at radius 2 is 1.43 bits per heavy atom. The lowest BCUT2D eigenvalue weighted by molar-refractivity contribution is 0.00134. The van der Waals surface area contributed by atoms with E-state index in [0.717, 1.165) is 44.8 Å². The molecule has 4 aromatic carbocycles. The fourth-order valence-electron chi connectivity index (χ4n) is 5.37. The molecule has 0 aliphatic rings. The van der Waals surface area contributed by atoms with Crippen LogP contribution in [0.3, 0.4) is 0 Å². The Balaban J connectivity index is 1.16. The third kappa shape index (κ3) is 8.75. The van der Waals surface area contributed by atoms with Crippen LogP contribution in [0, 0.1) is 0 Å². The van der Waals surface area contributed by atoms with Crippen LogP contribution in [-0.4, -0.2) is 75.4 Å². The van der Waals surface area contributed by atoms with Crippen LogP contribution in [0.1, 0.15) is 15.9 Å². The standard InChI is InChI=1S/C37H43N5O5/c1-41(35-25-29(15-16-32(35)39)36-40-33-9-5-6-10-34(33)42(36)2)26-27-11-13-28(14-12-27)30-7-3-4-8-31(30)37(43)47-24-23-46-22-21-45-20-19-44-18-17-38/h3-16,25H,17-24,26,38-39H2,1-2H3. The molecule has 4 N–H and O–H groups in total. The number of fused-ring (bicyclic) bond motifs is 1. The van der Waals surface area contributed by atoms with Gasteiger partial charge in [0, 0.05) is 32.7 Å². The van der Waals surface area contributed by atoms with Gasteiger partial charge in [0.1, 0.15) is 12.4 Å². The van der Waals surface area contributed by atoms with Crippen molar-refractivity contribution in [2.75, 3.05) is 70.5 Å². The van der Waals surface area contributed by atoms with Crippen molar-refractivity contribution < 1.29 is 23.7 Å². The highest BCUT2D eigenvalue weighted by Gasteiger charge is 2.16. The van der Waals surface area contributed by atoms with E-state index in [1.165, 1.54) is 0 Å². The molecule has 0 amide bonds. The molecule has 0 aliphatic heterocycles. The van der Waals surface area contributed by atoms with Crippen LogP contribution in [0.5, 0.6) is 0 Å². The summed E-state index contributed by atoms with van der Waals surface area (Å²) in [7, 11) is 4.06.